The largest absolute Gasteiger partial charge is 0.423 e. The van der Waals surface area contributed by atoms with Gasteiger partial charge in [-0.1, -0.05) is 0 Å². The van der Waals surface area contributed by atoms with Gasteiger partial charge in [-0.25, -0.2) is 0 Å². The highest BCUT2D eigenvalue weighted by atomic mass is 16.5. The highest BCUT2D eigenvalue weighted by molar-refractivity contribution is 5.99. The summed E-state index contributed by atoms with van der Waals surface area (Å²) in [5.74, 6) is -0.393. The van der Waals surface area contributed by atoms with Gasteiger partial charge in [0.25, 0.3) is 12.4 Å². The van der Waals surface area contributed by atoms with E-state index in [0.717, 1.165) is 5.52 Å². The molecule has 1 amide bonds. The number of ether oxygens (including phenoxy) is 1. The Hall–Kier alpha value is -2.63. The van der Waals surface area contributed by atoms with Gasteiger partial charge in [0, 0.05) is 31.0 Å². The first-order valence-corrected chi connectivity index (χ1v) is 6.56. The Bertz CT molecular complexity index is 688. The quantitative estimate of drug-likeness (QED) is 0.518. The molecule has 1 N–H and O–H groups in total. The van der Waals surface area contributed by atoms with Crippen molar-refractivity contribution in [2.75, 3.05) is 7.05 Å². The summed E-state index contributed by atoms with van der Waals surface area (Å²) in [5.41, 5.74) is 2.25. The molecule has 0 saturated heterocycles. The predicted octanol–water partition coefficient (Wildman–Crippen LogP) is 1.94. The summed E-state index contributed by atoms with van der Waals surface area (Å²) in [6, 6.07) is 3.69. The molecule has 0 radical (unpaired) electrons. The van der Waals surface area contributed by atoms with Gasteiger partial charge in [-0.05, 0) is 32.1 Å². The standard InChI is InChI=1S/C15H17N3O3/c1-10(2)18(3)15(20)13(21-9-19)7-11-8-17-12-5-4-6-16-14(11)12/h4-10,17H,1-3H3/b13-7-. The molecule has 0 aliphatic rings. The number of nitrogens with one attached hydrogen (secondary N) is 1. The van der Waals surface area contributed by atoms with Crippen molar-refractivity contribution in [1.29, 1.82) is 0 Å². The second-order valence-corrected chi connectivity index (χ2v) is 4.88. The monoisotopic (exact) mass is 287 g/mol. The Balaban J connectivity index is 2.42. The number of likely N-dealkylation sites (N-methyl/N-ethyl adjacent to an activating group) is 1. The lowest BCUT2D eigenvalue weighted by Gasteiger charge is -2.21. The van der Waals surface area contributed by atoms with Crippen LogP contribution in [0.15, 0.2) is 30.3 Å². The van der Waals surface area contributed by atoms with Crippen LogP contribution in [0.2, 0.25) is 0 Å². The average Bonchev–Trinajstić information content (AvgIpc) is 2.88. The highest BCUT2D eigenvalue weighted by Crippen LogP contribution is 2.19. The van der Waals surface area contributed by atoms with Crippen LogP contribution >= 0.6 is 0 Å². The number of carbonyl (C=O) groups excluding carboxylic acids is 2. The van der Waals surface area contributed by atoms with Crippen molar-refractivity contribution >= 4 is 29.5 Å². The molecule has 2 rings (SSSR count). The number of hydrogen-bond acceptors (Lipinski definition) is 4. The van der Waals surface area contributed by atoms with E-state index in [1.54, 1.807) is 19.4 Å². The van der Waals surface area contributed by atoms with E-state index in [9.17, 15) is 9.59 Å². The number of rotatable bonds is 5. The topological polar surface area (TPSA) is 75.3 Å². The molecule has 110 valence electrons. The number of carbonyl (C=O) groups is 2. The van der Waals surface area contributed by atoms with Crippen LogP contribution in [0.1, 0.15) is 19.4 Å². The molecule has 2 heterocycles. The lowest BCUT2D eigenvalue weighted by molar-refractivity contribution is -0.136. The zero-order chi connectivity index (χ0) is 15.4. The third-order valence-corrected chi connectivity index (χ3v) is 3.23. The number of fused-ring (bicyclic) bond motifs is 1. The van der Waals surface area contributed by atoms with Gasteiger partial charge in [-0.3, -0.25) is 14.6 Å². The summed E-state index contributed by atoms with van der Waals surface area (Å²) in [5, 5.41) is 0. The van der Waals surface area contributed by atoms with Gasteiger partial charge in [-0.2, -0.15) is 0 Å². The molecule has 21 heavy (non-hydrogen) atoms. The van der Waals surface area contributed by atoms with Gasteiger partial charge in [0.1, 0.15) is 0 Å². The zero-order valence-corrected chi connectivity index (χ0v) is 12.2. The van der Waals surface area contributed by atoms with Crippen molar-refractivity contribution in [3.8, 4) is 0 Å². The number of H-pyrrole nitrogens is 1. The van der Waals surface area contributed by atoms with E-state index in [0.29, 0.717) is 11.1 Å². The molecule has 0 atom stereocenters. The maximum absolute atomic E-state index is 12.3. The van der Waals surface area contributed by atoms with Crippen molar-refractivity contribution in [3.05, 3.63) is 35.8 Å². The Labute approximate surface area is 122 Å². The summed E-state index contributed by atoms with van der Waals surface area (Å²) in [6.07, 6.45) is 4.89. The smallest absolute Gasteiger partial charge is 0.298 e. The number of pyridine rings is 1. The minimum atomic E-state index is -0.359. The minimum absolute atomic E-state index is 0.00255. The SMILES string of the molecule is CC(C)N(C)C(=O)/C(=C/c1c[nH]c2cccnc12)OC=O. The lowest BCUT2D eigenvalue weighted by Crippen LogP contribution is -2.34. The maximum atomic E-state index is 12.3. The first-order valence-electron chi connectivity index (χ1n) is 6.56. The van der Waals surface area contributed by atoms with Crippen LogP contribution in [-0.2, 0) is 14.3 Å². The van der Waals surface area contributed by atoms with Crippen molar-refractivity contribution in [2.45, 2.75) is 19.9 Å². The first-order chi connectivity index (χ1) is 10.0. The van der Waals surface area contributed by atoms with Crippen molar-refractivity contribution in [3.63, 3.8) is 0 Å². The van der Waals surface area contributed by atoms with E-state index in [1.165, 1.54) is 11.0 Å². The predicted molar refractivity (Wildman–Crippen MR) is 79.1 cm³/mol. The molecule has 0 saturated carbocycles. The van der Waals surface area contributed by atoms with Crippen LogP contribution in [0.3, 0.4) is 0 Å². The zero-order valence-electron chi connectivity index (χ0n) is 12.2. The van der Waals surface area contributed by atoms with E-state index in [4.69, 9.17) is 4.74 Å². The van der Waals surface area contributed by atoms with E-state index in [2.05, 4.69) is 9.97 Å². The second kappa shape index (κ2) is 6.21. The van der Waals surface area contributed by atoms with Gasteiger partial charge >= 0.3 is 0 Å². The molecule has 0 aliphatic carbocycles. The third-order valence-electron chi connectivity index (χ3n) is 3.23. The van der Waals surface area contributed by atoms with Gasteiger partial charge in [0.05, 0.1) is 11.0 Å². The van der Waals surface area contributed by atoms with Crippen molar-refractivity contribution in [2.24, 2.45) is 0 Å². The van der Waals surface area contributed by atoms with E-state index < -0.39 is 0 Å². The molecule has 0 spiro atoms. The van der Waals surface area contributed by atoms with E-state index in [1.807, 2.05) is 26.0 Å². The third kappa shape index (κ3) is 3.10. The van der Waals surface area contributed by atoms with Crippen LogP contribution in [0.25, 0.3) is 17.1 Å². The lowest BCUT2D eigenvalue weighted by atomic mass is 10.2. The average molecular weight is 287 g/mol. The van der Waals surface area contributed by atoms with E-state index in [-0.39, 0.29) is 24.2 Å². The normalized spacial score (nSPS) is 11.7. The van der Waals surface area contributed by atoms with Crippen LogP contribution < -0.4 is 0 Å². The molecule has 0 aliphatic heterocycles. The number of aromatic nitrogens is 2. The molecular weight excluding hydrogens is 270 g/mol. The molecule has 0 bridgehead atoms. The molecule has 0 unspecified atom stereocenters. The van der Waals surface area contributed by atoms with Gasteiger partial charge in [-0.15, -0.1) is 0 Å². The van der Waals surface area contributed by atoms with Crippen LogP contribution in [-0.4, -0.2) is 40.3 Å². The fourth-order valence-electron chi connectivity index (χ4n) is 1.83. The fraction of sp³-hybridized carbons (Fsp3) is 0.267. The molecule has 6 nitrogen and oxygen atoms in total. The Morgan fingerprint density at radius 2 is 2.24 bits per heavy atom. The Morgan fingerprint density at radius 3 is 2.90 bits per heavy atom. The number of hydrogen-bond donors (Lipinski definition) is 1. The van der Waals surface area contributed by atoms with Gasteiger partial charge in [0.15, 0.2) is 5.76 Å². The molecule has 2 aromatic heterocycles. The van der Waals surface area contributed by atoms with Gasteiger partial charge in [0.2, 0.25) is 0 Å². The summed E-state index contributed by atoms with van der Waals surface area (Å²) in [6.45, 7) is 4.01. The molecule has 0 aromatic carbocycles. The second-order valence-electron chi connectivity index (χ2n) is 4.88. The van der Waals surface area contributed by atoms with E-state index >= 15 is 0 Å². The van der Waals surface area contributed by atoms with Gasteiger partial charge < -0.3 is 14.6 Å². The Morgan fingerprint density at radius 1 is 1.48 bits per heavy atom. The summed E-state index contributed by atoms with van der Waals surface area (Å²) >= 11 is 0. The molecular formula is C15H17N3O3. The van der Waals surface area contributed by atoms with Crippen LogP contribution in [0, 0.1) is 0 Å². The summed E-state index contributed by atoms with van der Waals surface area (Å²) in [7, 11) is 1.66. The fourth-order valence-corrected chi connectivity index (χ4v) is 1.83. The molecule has 6 heteroatoms. The maximum Gasteiger partial charge on any atom is 0.298 e. The summed E-state index contributed by atoms with van der Waals surface area (Å²) in [4.78, 5) is 31.7. The number of aromatic amines is 1. The van der Waals surface area contributed by atoms with Crippen molar-refractivity contribution in [1.82, 2.24) is 14.9 Å². The Kier molecular flexibility index (Phi) is 4.37. The number of nitrogens with zero attached hydrogens (tertiary/aromatic N) is 2. The van der Waals surface area contributed by atoms with Crippen LogP contribution in [0.4, 0.5) is 0 Å². The van der Waals surface area contributed by atoms with Crippen LogP contribution in [0.5, 0.6) is 0 Å². The number of amides is 1. The highest BCUT2D eigenvalue weighted by Gasteiger charge is 2.19. The first kappa shape index (κ1) is 14.8. The summed E-state index contributed by atoms with van der Waals surface area (Å²) < 4.78 is 4.84. The molecule has 0 fully saturated rings. The molecule has 2 aromatic rings. The minimum Gasteiger partial charge on any atom is -0.423 e. The van der Waals surface area contributed by atoms with Crippen molar-refractivity contribution < 1.29 is 14.3 Å².